The van der Waals surface area contributed by atoms with Crippen molar-refractivity contribution >= 4 is 36.9 Å². The van der Waals surface area contributed by atoms with E-state index in [0.717, 1.165) is 11.8 Å². The number of alkyl halides is 1. The van der Waals surface area contributed by atoms with Crippen molar-refractivity contribution in [2.75, 3.05) is 11.9 Å². The fourth-order valence-corrected chi connectivity index (χ4v) is 3.23. The van der Waals surface area contributed by atoms with E-state index in [-0.39, 0.29) is 4.90 Å². The molecule has 0 spiro atoms. The molecule has 6 heteroatoms. The summed E-state index contributed by atoms with van der Waals surface area (Å²) < 4.78 is 26.9. The van der Waals surface area contributed by atoms with Gasteiger partial charge in [-0.1, -0.05) is 22.0 Å². The molecule has 0 fully saturated rings. The lowest BCUT2D eigenvalue weighted by molar-refractivity contribution is 0.582. The second-order valence-corrected chi connectivity index (χ2v) is 6.29. The normalized spacial score (nSPS) is 11.8. The van der Waals surface area contributed by atoms with Crippen LogP contribution in [0.5, 0.6) is 0 Å². The average Bonchev–Trinajstić information content (AvgIpc) is 2.38. The Bertz CT molecular complexity index is 638. The second kappa shape index (κ2) is 5.77. The Morgan fingerprint density at radius 1 is 1.22 bits per heavy atom. The van der Waals surface area contributed by atoms with Crippen molar-refractivity contribution in [1.82, 2.24) is 9.71 Å². The molecule has 0 saturated carbocycles. The number of fused-ring (bicyclic) bond motifs is 1. The summed E-state index contributed by atoms with van der Waals surface area (Å²) >= 11 is 3.27. The van der Waals surface area contributed by atoms with Crippen LogP contribution in [0.2, 0.25) is 0 Å². The molecule has 2 rings (SSSR count). The van der Waals surface area contributed by atoms with Crippen LogP contribution in [0.1, 0.15) is 6.42 Å². The fourth-order valence-electron chi connectivity index (χ4n) is 1.66. The smallest absolute Gasteiger partial charge is 0.241 e. The highest BCUT2D eigenvalue weighted by atomic mass is 79.9. The van der Waals surface area contributed by atoms with Crippen LogP contribution in [-0.2, 0) is 10.0 Å². The number of hydrogen-bond acceptors (Lipinski definition) is 3. The Morgan fingerprint density at radius 3 is 2.83 bits per heavy atom. The fraction of sp³-hybridized carbons (Fsp3) is 0.250. The van der Waals surface area contributed by atoms with E-state index in [1.54, 1.807) is 36.5 Å². The first-order valence-corrected chi connectivity index (χ1v) is 8.15. The zero-order valence-corrected chi connectivity index (χ0v) is 12.0. The maximum Gasteiger partial charge on any atom is 0.241 e. The maximum absolute atomic E-state index is 12.2. The highest BCUT2D eigenvalue weighted by Crippen LogP contribution is 2.20. The molecule has 0 aliphatic heterocycles. The van der Waals surface area contributed by atoms with Crippen molar-refractivity contribution in [2.24, 2.45) is 0 Å². The van der Waals surface area contributed by atoms with Gasteiger partial charge in [0.1, 0.15) is 0 Å². The van der Waals surface area contributed by atoms with Crippen molar-refractivity contribution in [2.45, 2.75) is 11.3 Å². The van der Waals surface area contributed by atoms with E-state index in [0.29, 0.717) is 17.4 Å². The highest BCUT2D eigenvalue weighted by Gasteiger charge is 2.16. The Labute approximate surface area is 115 Å². The van der Waals surface area contributed by atoms with Gasteiger partial charge in [0, 0.05) is 23.5 Å². The molecule has 1 aromatic heterocycles. The summed E-state index contributed by atoms with van der Waals surface area (Å²) in [5.74, 6) is 0. The average molecular weight is 329 g/mol. The van der Waals surface area contributed by atoms with E-state index in [2.05, 4.69) is 25.6 Å². The predicted molar refractivity (Wildman–Crippen MR) is 75.3 cm³/mol. The Hall–Kier alpha value is -0.980. The van der Waals surface area contributed by atoms with Gasteiger partial charge >= 0.3 is 0 Å². The van der Waals surface area contributed by atoms with Crippen LogP contribution in [0.3, 0.4) is 0 Å². The van der Waals surface area contributed by atoms with E-state index in [4.69, 9.17) is 0 Å². The number of nitrogens with one attached hydrogen (secondary N) is 1. The Kier molecular flexibility index (Phi) is 4.31. The summed E-state index contributed by atoms with van der Waals surface area (Å²) in [4.78, 5) is 4.43. The van der Waals surface area contributed by atoms with E-state index in [1.165, 1.54) is 0 Å². The number of sulfonamides is 1. The van der Waals surface area contributed by atoms with Gasteiger partial charge in [0.2, 0.25) is 10.0 Å². The molecule has 0 aliphatic rings. The van der Waals surface area contributed by atoms with E-state index in [9.17, 15) is 8.42 Å². The molecule has 2 aromatic rings. The molecule has 18 heavy (non-hydrogen) atoms. The van der Waals surface area contributed by atoms with Gasteiger partial charge in [-0.25, -0.2) is 13.1 Å². The highest BCUT2D eigenvalue weighted by molar-refractivity contribution is 9.09. The summed E-state index contributed by atoms with van der Waals surface area (Å²) in [6.07, 6.45) is 2.40. The molecule has 1 aromatic carbocycles. The number of hydrogen-bond donors (Lipinski definition) is 1. The van der Waals surface area contributed by atoms with E-state index >= 15 is 0 Å². The number of halogens is 1. The van der Waals surface area contributed by atoms with E-state index < -0.39 is 10.0 Å². The van der Waals surface area contributed by atoms with E-state index in [1.807, 2.05) is 0 Å². The van der Waals surface area contributed by atoms with Crippen molar-refractivity contribution in [3.63, 3.8) is 0 Å². The standard InChI is InChI=1S/C12H13BrN2O2S/c13-7-3-9-15-18(16,17)12-6-1-5-11-10(12)4-2-8-14-11/h1-2,4-6,8,15H,3,7,9H2. The maximum atomic E-state index is 12.2. The van der Waals surface area contributed by atoms with Crippen molar-refractivity contribution in [3.05, 3.63) is 36.5 Å². The molecule has 1 N–H and O–H groups in total. The molecular weight excluding hydrogens is 316 g/mol. The summed E-state index contributed by atoms with van der Waals surface area (Å²) in [6.45, 7) is 0.421. The van der Waals surface area contributed by atoms with Gasteiger partial charge in [-0.2, -0.15) is 0 Å². The molecular formula is C12H13BrN2O2S. The van der Waals surface area contributed by atoms with Crippen molar-refractivity contribution in [3.8, 4) is 0 Å². The van der Waals surface area contributed by atoms with Gasteiger partial charge < -0.3 is 0 Å². The third-order valence-electron chi connectivity index (χ3n) is 2.50. The predicted octanol–water partition coefficient (Wildman–Crippen LogP) is 2.30. The minimum absolute atomic E-state index is 0.280. The van der Waals surface area contributed by atoms with Gasteiger partial charge in [-0.3, -0.25) is 4.98 Å². The summed E-state index contributed by atoms with van der Waals surface area (Å²) in [5, 5.41) is 1.42. The van der Waals surface area contributed by atoms with Crippen LogP contribution >= 0.6 is 15.9 Å². The number of nitrogens with zero attached hydrogens (tertiary/aromatic N) is 1. The minimum atomic E-state index is -3.47. The monoisotopic (exact) mass is 328 g/mol. The Balaban J connectivity index is 2.41. The van der Waals surface area contributed by atoms with Crippen molar-refractivity contribution < 1.29 is 8.42 Å². The molecule has 0 saturated heterocycles. The quantitative estimate of drug-likeness (QED) is 0.676. The number of pyridine rings is 1. The SMILES string of the molecule is O=S(=O)(NCCCBr)c1cccc2ncccc12. The number of benzene rings is 1. The third-order valence-corrected chi connectivity index (χ3v) is 4.58. The lowest BCUT2D eigenvalue weighted by Gasteiger charge is -2.08. The van der Waals surface area contributed by atoms with Crippen LogP contribution < -0.4 is 4.72 Å². The molecule has 0 atom stereocenters. The van der Waals surface area contributed by atoms with Crippen LogP contribution in [0, 0.1) is 0 Å². The van der Waals surface area contributed by atoms with Crippen LogP contribution in [0.15, 0.2) is 41.4 Å². The van der Waals surface area contributed by atoms with Gasteiger partial charge in [0.05, 0.1) is 10.4 Å². The van der Waals surface area contributed by atoms with Crippen LogP contribution in [-0.4, -0.2) is 25.3 Å². The minimum Gasteiger partial charge on any atom is -0.256 e. The first-order valence-electron chi connectivity index (χ1n) is 5.54. The lowest BCUT2D eigenvalue weighted by atomic mass is 10.2. The van der Waals surface area contributed by atoms with Gasteiger partial charge in [-0.15, -0.1) is 0 Å². The molecule has 4 nitrogen and oxygen atoms in total. The summed E-state index contributed by atoms with van der Waals surface area (Å²) in [5.41, 5.74) is 0.681. The molecule has 0 unspecified atom stereocenters. The summed E-state index contributed by atoms with van der Waals surface area (Å²) in [6, 6.07) is 8.60. The first kappa shape index (κ1) is 13.5. The van der Waals surface area contributed by atoms with Gasteiger partial charge in [-0.05, 0) is 30.7 Å². The molecule has 0 aliphatic carbocycles. The Morgan fingerprint density at radius 2 is 2.06 bits per heavy atom. The van der Waals surface area contributed by atoms with Crippen LogP contribution in [0.4, 0.5) is 0 Å². The molecule has 0 radical (unpaired) electrons. The second-order valence-electron chi connectivity index (χ2n) is 3.77. The zero-order valence-electron chi connectivity index (χ0n) is 9.64. The zero-order chi connectivity index (χ0) is 13.0. The summed E-state index contributed by atoms with van der Waals surface area (Å²) in [7, 11) is -3.47. The topological polar surface area (TPSA) is 59.1 Å². The van der Waals surface area contributed by atoms with Gasteiger partial charge in [0.15, 0.2) is 0 Å². The van der Waals surface area contributed by atoms with Crippen molar-refractivity contribution in [1.29, 1.82) is 0 Å². The largest absolute Gasteiger partial charge is 0.256 e. The molecule has 0 amide bonds. The van der Waals surface area contributed by atoms with Crippen LogP contribution in [0.25, 0.3) is 10.9 Å². The first-order chi connectivity index (χ1) is 8.65. The molecule has 0 bridgehead atoms. The van der Waals surface area contributed by atoms with Gasteiger partial charge in [0.25, 0.3) is 0 Å². The number of aromatic nitrogens is 1. The molecule has 1 heterocycles. The molecule has 96 valence electrons. The third kappa shape index (κ3) is 2.88. The number of rotatable bonds is 5. The lowest BCUT2D eigenvalue weighted by Crippen LogP contribution is -2.25.